The molecular weight excluding hydrogens is 487 g/mol. The number of carboxylic acid groups (broad SMARTS) is 1. The van der Waals surface area contributed by atoms with E-state index in [0.29, 0.717) is 21.6 Å². The van der Waals surface area contributed by atoms with E-state index >= 15 is 0 Å². The van der Waals surface area contributed by atoms with Crippen LogP contribution in [-0.2, 0) is 5.41 Å². The molecule has 35 heavy (non-hydrogen) atoms. The number of carbonyl (C=O) groups is 1. The van der Waals surface area contributed by atoms with Crippen LogP contribution < -0.4 is 10.1 Å². The first kappa shape index (κ1) is 24.4. The van der Waals surface area contributed by atoms with Gasteiger partial charge in [-0.25, -0.2) is 4.79 Å². The number of carboxylic acids is 1. The molecule has 0 bridgehead atoms. The second kappa shape index (κ2) is 9.90. The van der Waals surface area contributed by atoms with Crippen molar-refractivity contribution in [3.63, 3.8) is 0 Å². The third kappa shape index (κ3) is 5.88. The van der Waals surface area contributed by atoms with Crippen molar-refractivity contribution in [3.8, 4) is 23.1 Å². The zero-order chi connectivity index (χ0) is 25.2. The average Bonchev–Trinajstić information content (AvgIpc) is 2.81. The molecule has 9 heteroatoms. The highest BCUT2D eigenvalue weighted by Gasteiger charge is 2.17. The van der Waals surface area contributed by atoms with E-state index in [1.807, 2.05) is 24.3 Å². The molecule has 0 spiro atoms. The summed E-state index contributed by atoms with van der Waals surface area (Å²) in [6.45, 7) is 6.42. The first-order valence-electron chi connectivity index (χ1n) is 10.7. The molecule has 0 saturated heterocycles. The highest BCUT2D eigenvalue weighted by Crippen LogP contribution is 2.36. The summed E-state index contributed by atoms with van der Waals surface area (Å²) in [6.07, 6.45) is 0. The van der Waals surface area contributed by atoms with Crippen LogP contribution in [-0.4, -0.2) is 26.0 Å². The van der Waals surface area contributed by atoms with Gasteiger partial charge in [0.05, 0.1) is 15.6 Å². The lowest BCUT2D eigenvalue weighted by Crippen LogP contribution is -2.10. The Hall–Kier alpha value is -3.68. The average molecular weight is 509 g/mol. The summed E-state index contributed by atoms with van der Waals surface area (Å²) >= 11 is 12.5. The molecule has 0 radical (unpaired) electrons. The van der Waals surface area contributed by atoms with Crippen LogP contribution in [0.5, 0.6) is 11.8 Å². The highest BCUT2D eigenvalue weighted by molar-refractivity contribution is 6.37. The number of anilines is 2. The molecule has 0 aliphatic heterocycles. The Kier molecular flexibility index (Phi) is 6.91. The molecular formula is C26H22Cl2N4O3. The molecule has 0 atom stereocenters. The van der Waals surface area contributed by atoms with Crippen LogP contribution in [0.1, 0.15) is 36.7 Å². The molecule has 0 fully saturated rings. The number of aromatic nitrogens is 3. The van der Waals surface area contributed by atoms with Gasteiger partial charge in [-0.2, -0.15) is 15.0 Å². The number of benzene rings is 3. The number of ether oxygens (including phenoxy) is 1. The quantitative estimate of drug-likeness (QED) is 0.280. The van der Waals surface area contributed by atoms with Crippen molar-refractivity contribution in [2.75, 3.05) is 5.32 Å². The molecule has 0 unspecified atom stereocenters. The Labute approximate surface area is 212 Å². The van der Waals surface area contributed by atoms with E-state index in [4.69, 9.17) is 33.0 Å². The van der Waals surface area contributed by atoms with Crippen LogP contribution in [0.3, 0.4) is 0 Å². The molecule has 3 aromatic carbocycles. The Bertz CT molecular complexity index is 1350. The predicted octanol–water partition coefficient (Wildman–Crippen LogP) is 7.38. The minimum absolute atomic E-state index is 0.00153. The lowest BCUT2D eigenvalue weighted by molar-refractivity contribution is 0.0697. The molecule has 1 aromatic heterocycles. The third-order valence-corrected chi connectivity index (χ3v) is 5.72. The summed E-state index contributed by atoms with van der Waals surface area (Å²) in [6, 6.07) is 19.2. The Morgan fingerprint density at radius 1 is 0.886 bits per heavy atom. The monoisotopic (exact) mass is 508 g/mol. The molecule has 2 N–H and O–H groups in total. The summed E-state index contributed by atoms with van der Waals surface area (Å²) in [5.74, 6) is -0.197. The van der Waals surface area contributed by atoms with E-state index in [2.05, 4.69) is 41.0 Å². The lowest BCUT2D eigenvalue weighted by atomic mass is 9.87. The van der Waals surface area contributed by atoms with Crippen molar-refractivity contribution in [1.29, 1.82) is 0 Å². The Morgan fingerprint density at radius 2 is 1.51 bits per heavy atom. The molecule has 4 rings (SSSR count). The van der Waals surface area contributed by atoms with Crippen molar-refractivity contribution in [2.45, 2.75) is 26.2 Å². The third-order valence-electron chi connectivity index (χ3n) is 5.12. The molecule has 178 valence electrons. The number of hydrogen-bond acceptors (Lipinski definition) is 6. The molecule has 7 nitrogen and oxygen atoms in total. The summed E-state index contributed by atoms with van der Waals surface area (Å²) in [7, 11) is 0. The molecule has 4 aromatic rings. The zero-order valence-corrected chi connectivity index (χ0v) is 20.7. The van der Waals surface area contributed by atoms with Crippen LogP contribution in [0, 0.1) is 0 Å². The van der Waals surface area contributed by atoms with Gasteiger partial charge in [-0.05, 0) is 47.4 Å². The van der Waals surface area contributed by atoms with E-state index in [0.717, 1.165) is 5.56 Å². The van der Waals surface area contributed by atoms with Gasteiger partial charge in [0.2, 0.25) is 5.95 Å². The fraction of sp³-hybridized carbons (Fsp3) is 0.154. The van der Waals surface area contributed by atoms with Gasteiger partial charge in [-0.1, -0.05) is 74.3 Å². The van der Waals surface area contributed by atoms with Crippen LogP contribution in [0.4, 0.5) is 11.6 Å². The second-order valence-electron chi connectivity index (χ2n) is 8.75. The van der Waals surface area contributed by atoms with Gasteiger partial charge in [-0.3, -0.25) is 0 Å². The summed E-state index contributed by atoms with van der Waals surface area (Å²) in [5.41, 5.74) is 2.70. The maximum atomic E-state index is 11.1. The van der Waals surface area contributed by atoms with E-state index in [9.17, 15) is 4.79 Å². The number of nitrogens with one attached hydrogen (secondary N) is 1. The standard InChI is InChI=1S/C26H22Cl2N4O3/c1-26(2,3)17-11-7-15(8-12-17)22-30-24(29-18-13-9-16(10-14-18)23(33)34)32-25(31-22)35-21-19(27)5-4-6-20(21)28/h4-14H,1-3H3,(H,33,34)(H,29,30,31,32). The summed E-state index contributed by atoms with van der Waals surface area (Å²) in [5, 5.41) is 12.8. The predicted molar refractivity (Wildman–Crippen MR) is 137 cm³/mol. The van der Waals surface area contributed by atoms with Gasteiger partial charge < -0.3 is 15.2 Å². The van der Waals surface area contributed by atoms with Crippen LogP contribution in [0.25, 0.3) is 11.4 Å². The minimum Gasteiger partial charge on any atom is -0.478 e. The molecule has 0 amide bonds. The molecule has 1 heterocycles. The molecule has 0 saturated carbocycles. The number of nitrogens with zero attached hydrogens (tertiary/aromatic N) is 3. The highest BCUT2D eigenvalue weighted by atomic mass is 35.5. The largest absolute Gasteiger partial charge is 0.478 e. The molecule has 0 aliphatic rings. The van der Waals surface area contributed by atoms with Crippen molar-refractivity contribution < 1.29 is 14.6 Å². The van der Waals surface area contributed by atoms with Crippen LogP contribution in [0.15, 0.2) is 66.7 Å². The van der Waals surface area contributed by atoms with Crippen molar-refractivity contribution in [1.82, 2.24) is 15.0 Å². The summed E-state index contributed by atoms with van der Waals surface area (Å²) in [4.78, 5) is 24.5. The number of rotatable bonds is 6. The van der Waals surface area contributed by atoms with Gasteiger partial charge >= 0.3 is 12.0 Å². The van der Waals surface area contributed by atoms with E-state index in [1.165, 1.54) is 17.7 Å². The fourth-order valence-corrected chi connectivity index (χ4v) is 3.68. The smallest absolute Gasteiger partial charge is 0.335 e. The summed E-state index contributed by atoms with van der Waals surface area (Å²) < 4.78 is 5.87. The van der Waals surface area contributed by atoms with Gasteiger partial charge in [-0.15, -0.1) is 0 Å². The second-order valence-corrected chi connectivity index (χ2v) is 9.57. The van der Waals surface area contributed by atoms with Crippen LogP contribution in [0.2, 0.25) is 10.0 Å². The fourth-order valence-electron chi connectivity index (χ4n) is 3.20. The van der Waals surface area contributed by atoms with Gasteiger partial charge in [0.25, 0.3) is 0 Å². The van der Waals surface area contributed by atoms with E-state index in [-0.39, 0.29) is 28.7 Å². The zero-order valence-electron chi connectivity index (χ0n) is 19.2. The minimum atomic E-state index is -1.01. The maximum absolute atomic E-state index is 11.1. The van der Waals surface area contributed by atoms with Crippen molar-refractivity contribution in [3.05, 3.63) is 87.9 Å². The topological polar surface area (TPSA) is 97.2 Å². The van der Waals surface area contributed by atoms with Gasteiger partial charge in [0.15, 0.2) is 11.6 Å². The number of halogens is 2. The molecule has 0 aliphatic carbocycles. The normalized spacial score (nSPS) is 11.2. The Morgan fingerprint density at radius 3 is 2.09 bits per heavy atom. The first-order chi connectivity index (χ1) is 16.6. The van der Waals surface area contributed by atoms with Crippen molar-refractivity contribution in [2.24, 2.45) is 0 Å². The van der Waals surface area contributed by atoms with Gasteiger partial charge in [0.1, 0.15) is 0 Å². The van der Waals surface area contributed by atoms with E-state index in [1.54, 1.807) is 30.3 Å². The van der Waals surface area contributed by atoms with E-state index < -0.39 is 5.97 Å². The number of para-hydroxylation sites is 1. The van der Waals surface area contributed by atoms with Crippen molar-refractivity contribution >= 4 is 40.8 Å². The van der Waals surface area contributed by atoms with Crippen LogP contribution >= 0.6 is 23.2 Å². The van der Waals surface area contributed by atoms with Gasteiger partial charge in [0, 0.05) is 11.3 Å². The lowest BCUT2D eigenvalue weighted by Gasteiger charge is -2.19. The maximum Gasteiger partial charge on any atom is 0.335 e. The SMILES string of the molecule is CC(C)(C)c1ccc(-c2nc(Nc3ccc(C(=O)O)cc3)nc(Oc3c(Cl)cccc3Cl)n2)cc1. The number of aromatic carboxylic acids is 1. The Balaban J connectivity index is 1.73. The number of hydrogen-bond donors (Lipinski definition) is 2. The first-order valence-corrected chi connectivity index (χ1v) is 11.4.